The molecule has 0 saturated heterocycles. The summed E-state index contributed by atoms with van der Waals surface area (Å²) >= 11 is 1.79. The van der Waals surface area contributed by atoms with E-state index in [2.05, 4.69) is 41.7 Å². The number of ether oxygens (including phenoxy) is 2. The summed E-state index contributed by atoms with van der Waals surface area (Å²) in [6.07, 6.45) is 9.53. The molecule has 1 aromatic carbocycles. The summed E-state index contributed by atoms with van der Waals surface area (Å²) in [6.45, 7) is 5.03. The number of amides is 1. The van der Waals surface area contributed by atoms with Gasteiger partial charge in [0.15, 0.2) is 0 Å². The number of benzene rings is 1. The van der Waals surface area contributed by atoms with Gasteiger partial charge in [-0.3, -0.25) is 14.1 Å². The fraction of sp³-hybridized carbons (Fsp3) is 0.333. The Morgan fingerprint density at radius 1 is 1.05 bits per heavy atom. The van der Waals surface area contributed by atoms with Gasteiger partial charge in [-0.1, -0.05) is 19.1 Å². The van der Waals surface area contributed by atoms with Gasteiger partial charge >= 0.3 is 0 Å². The Bertz CT molecular complexity index is 1450. The largest absolute Gasteiger partial charge is 0.497 e. The van der Waals surface area contributed by atoms with Gasteiger partial charge in [-0.15, -0.1) is 0 Å². The van der Waals surface area contributed by atoms with Crippen LogP contribution in [0.3, 0.4) is 0 Å². The van der Waals surface area contributed by atoms with Gasteiger partial charge in [0.2, 0.25) is 11.8 Å². The number of rotatable bonds is 13. The summed E-state index contributed by atoms with van der Waals surface area (Å²) in [4.78, 5) is 35.7. The third-order valence-corrected chi connectivity index (χ3v) is 7.79. The van der Waals surface area contributed by atoms with E-state index in [4.69, 9.17) is 14.5 Å². The molecular weight excluding hydrogens is 538 g/mol. The number of hydrogen-bond donors (Lipinski definition) is 1. The van der Waals surface area contributed by atoms with E-state index in [9.17, 15) is 4.79 Å². The SMILES string of the molecule is CCOc1cncc(-c2ccc(NC(=O)C(CC)c3nccc(N(Cc4ccc(OC)cc4)SC4CC4)n3)nc2)n1. The molecule has 1 aliphatic carbocycles. The second kappa shape index (κ2) is 13.4. The van der Waals surface area contributed by atoms with E-state index in [0.29, 0.717) is 48.0 Å². The Kier molecular flexibility index (Phi) is 9.25. The average Bonchev–Trinajstić information content (AvgIpc) is 3.83. The van der Waals surface area contributed by atoms with E-state index in [-0.39, 0.29) is 5.91 Å². The summed E-state index contributed by atoms with van der Waals surface area (Å²) in [5, 5.41) is 3.50. The summed E-state index contributed by atoms with van der Waals surface area (Å²) in [5.41, 5.74) is 2.56. The topological polar surface area (TPSA) is 115 Å². The summed E-state index contributed by atoms with van der Waals surface area (Å²) in [7, 11) is 1.66. The number of hydrogen-bond acceptors (Lipinski definition) is 10. The molecular formula is C30H33N7O3S. The first-order chi connectivity index (χ1) is 20.1. The number of nitrogens with one attached hydrogen (secondary N) is 1. The smallest absolute Gasteiger partial charge is 0.236 e. The zero-order valence-corrected chi connectivity index (χ0v) is 24.2. The molecule has 1 amide bonds. The molecule has 1 unspecified atom stereocenters. The van der Waals surface area contributed by atoms with E-state index < -0.39 is 5.92 Å². The number of carbonyl (C=O) groups is 1. The van der Waals surface area contributed by atoms with Gasteiger partial charge in [0.1, 0.15) is 23.2 Å². The predicted molar refractivity (Wildman–Crippen MR) is 160 cm³/mol. The maximum Gasteiger partial charge on any atom is 0.236 e. The number of carbonyl (C=O) groups excluding carboxylic acids is 1. The van der Waals surface area contributed by atoms with Crippen molar-refractivity contribution in [3.05, 3.63) is 78.6 Å². The van der Waals surface area contributed by atoms with Crippen LogP contribution in [-0.4, -0.2) is 49.8 Å². The number of anilines is 2. The first-order valence-corrected chi connectivity index (χ1v) is 14.5. The van der Waals surface area contributed by atoms with Crippen molar-refractivity contribution in [1.29, 1.82) is 0 Å². The zero-order valence-electron chi connectivity index (χ0n) is 23.4. The second-order valence-corrected chi connectivity index (χ2v) is 10.8. The van der Waals surface area contributed by atoms with Gasteiger partial charge in [-0.05, 0) is 74.0 Å². The van der Waals surface area contributed by atoms with E-state index in [1.54, 1.807) is 49.9 Å². The highest BCUT2D eigenvalue weighted by molar-refractivity contribution is 8.01. The first-order valence-electron chi connectivity index (χ1n) is 13.7. The van der Waals surface area contributed by atoms with E-state index >= 15 is 0 Å². The fourth-order valence-electron chi connectivity index (χ4n) is 4.12. The lowest BCUT2D eigenvalue weighted by Crippen LogP contribution is -2.24. The van der Waals surface area contributed by atoms with Crippen molar-refractivity contribution in [2.24, 2.45) is 0 Å². The summed E-state index contributed by atoms with van der Waals surface area (Å²) in [6, 6.07) is 13.5. The summed E-state index contributed by atoms with van der Waals surface area (Å²) in [5.74, 6) is 2.25. The lowest BCUT2D eigenvalue weighted by molar-refractivity contribution is -0.117. The van der Waals surface area contributed by atoms with E-state index in [0.717, 1.165) is 22.7 Å². The van der Waals surface area contributed by atoms with Crippen molar-refractivity contribution >= 4 is 29.5 Å². The molecule has 0 aliphatic heterocycles. The predicted octanol–water partition coefficient (Wildman–Crippen LogP) is 5.69. The number of pyridine rings is 1. The molecule has 1 fully saturated rings. The van der Waals surface area contributed by atoms with Crippen LogP contribution in [0.1, 0.15) is 50.4 Å². The number of nitrogens with zero attached hydrogens (tertiary/aromatic N) is 6. The van der Waals surface area contributed by atoms with Crippen molar-refractivity contribution in [1.82, 2.24) is 24.9 Å². The molecule has 10 nitrogen and oxygen atoms in total. The van der Waals surface area contributed by atoms with Crippen LogP contribution in [0.4, 0.5) is 11.6 Å². The molecule has 0 bridgehead atoms. The minimum absolute atomic E-state index is 0.209. The molecule has 41 heavy (non-hydrogen) atoms. The zero-order chi connectivity index (χ0) is 28.6. The highest BCUT2D eigenvalue weighted by atomic mass is 32.2. The molecule has 3 aromatic heterocycles. The van der Waals surface area contributed by atoms with Crippen LogP contribution >= 0.6 is 11.9 Å². The lowest BCUT2D eigenvalue weighted by atomic mass is 10.0. The van der Waals surface area contributed by atoms with Crippen LogP contribution in [0.15, 0.2) is 67.3 Å². The van der Waals surface area contributed by atoms with Gasteiger partial charge in [-0.25, -0.2) is 19.9 Å². The Morgan fingerprint density at radius 2 is 1.88 bits per heavy atom. The molecule has 11 heteroatoms. The molecule has 0 radical (unpaired) electrons. The molecule has 212 valence electrons. The van der Waals surface area contributed by atoms with Crippen molar-refractivity contribution in [3.63, 3.8) is 0 Å². The number of methoxy groups -OCH3 is 1. The van der Waals surface area contributed by atoms with Crippen LogP contribution < -0.4 is 19.1 Å². The Hall–Kier alpha value is -4.25. The van der Waals surface area contributed by atoms with Crippen LogP contribution in [-0.2, 0) is 11.3 Å². The standard InChI is InChI=1S/C30H33N7O3S/c1-4-24(30(38)35-26-13-8-21(16-33-26)25-17-31-18-28(34-25)40-5-2)29-32-15-14-27(36-29)37(41-23-11-12-23)19-20-6-9-22(39-3)10-7-20/h6-10,13-18,23-24H,4-5,11-12,19H2,1-3H3,(H,33,35,38). The molecule has 3 heterocycles. The van der Waals surface area contributed by atoms with E-state index in [1.807, 2.05) is 38.1 Å². The normalized spacial score (nSPS) is 13.3. The lowest BCUT2D eigenvalue weighted by Gasteiger charge is -2.23. The molecule has 1 saturated carbocycles. The van der Waals surface area contributed by atoms with Crippen LogP contribution in [0.2, 0.25) is 0 Å². The van der Waals surface area contributed by atoms with Crippen molar-refractivity contribution in [2.75, 3.05) is 23.3 Å². The minimum Gasteiger partial charge on any atom is -0.497 e. The minimum atomic E-state index is -0.529. The van der Waals surface area contributed by atoms with Gasteiger partial charge < -0.3 is 14.8 Å². The van der Waals surface area contributed by atoms with Gasteiger partial charge in [-0.2, -0.15) is 0 Å². The first kappa shape index (κ1) is 28.3. The van der Waals surface area contributed by atoms with Gasteiger partial charge in [0.25, 0.3) is 0 Å². The Labute approximate surface area is 244 Å². The molecule has 1 N–H and O–H groups in total. The molecule has 5 rings (SSSR count). The quantitative estimate of drug-likeness (QED) is 0.201. The number of aromatic nitrogens is 5. The van der Waals surface area contributed by atoms with Crippen LogP contribution in [0.5, 0.6) is 11.6 Å². The van der Waals surface area contributed by atoms with Crippen molar-refractivity contribution < 1.29 is 14.3 Å². The third kappa shape index (κ3) is 7.49. The molecule has 1 aliphatic rings. The highest BCUT2D eigenvalue weighted by Crippen LogP contribution is 2.39. The monoisotopic (exact) mass is 571 g/mol. The van der Waals surface area contributed by atoms with Crippen LogP contribution in [0, 0.1) is 0 Å². The highest BCUT2D eigenvalue weighted by Gasteiger charge is 2.28. The maximum atomic E-state index is 13.3. The maximum absolute atomic E-state index is 13.3. The molecule has 1 atom stereocenters. The third-order valence-electron chi connectivity index (χ3n) is 6.45. The van der Waals surface area contributed by atoms with Crippen LogP contribution in [0.25, 0.3) is 11.3 Å². The summed E-state index contributed by atoms with van der Waals surface area (Å²) < 4.78 is 12.9. The Balaban J connectivity index is 1.29. The Morgan fingerprint density at radius 3 is 2.56 bits per heavy atom. The van der Waals surface area contributed by atoms with Crippen molar-refractivity contribution in [2.45, 2.75) is 50.8 Å². The van der Waals surface area contributed by atoms with Gasteiger partial charge in [0, 0.05) is 23.2 Å². The van der Waals surface area contributed by atoms with Crippen molar-refractivity contribution in [3.8, 4) is 22.9 Å². The van der Waals surface area contributed by atoms with Gasteiger partial charge in [0.05, 0.1) is 44.3 Å². The molecule has 0 spiro atoms. The molecule has 4 aromatic rings. The second-order valence-electron chi connectivity index (χ2n) is 9.52. The average molecular weight is 572 g/mol. The van der Waals surface area contributed by atoms with E-state index in [1.165, 1.54) is 12.8 Å². The fourth-order valence-corrected chi connectivity index (χ4v) is 5.26.